The Hall–Kier alpha value is -2.63. The van der Waals surface area contributed by atoms with E-state index in [-0.39, 0.29) is 17.9 Å². The fraction of sp³-hybridized carbons (Fsp3) is 0.143. The van der Waals surface area contributed by atoms with Crippen molar-refractivity contribution in [2.45, 2.75) is 6.54 Å². The van der Waals surface area contributed by atoms with Crippen LogP contribution >= 0.6 is 0 Å². The molecule has 20 heavy (non-hydrogen) atoms. The Balaban J connectivity index is 2.02. The molecule has 1 heterocycles. The van der Waals surface area contributed by atoms with Crippen LogP contribution in [0.15, 0.2) is 36.5 Å². The van der Waals surface area contributed by atoms with E-state index in [2.05, 4.69) is 10.3 Å². The second kappa shape index (κ2) is 6.01. The van der Waals surface area contributed by atoms with Gasteiger partial charge in [0, 0.05) is 12.7 Å². The molecule has 6 heteroatoms. The van der Waals surface area contributed by atoms with Gasteiger partial charge in [-0.1, -0.05) is 12.1 Å². The van der Waals surface area contributed by atoms with Crippen molar-refractivity contribution in [2.75, 3.05) is 12.8 Å². The molecule has 0 saturated carbocycles. The maximum Gasteiger partial charge on any atom is 0.254 e. The van der Waals surface area contributed by atoms with Gasteiger partial charge in [0.25, 0.3) is 5.91 Å². The maximum atomic E-state index is 13.6. The van der Waals surface area contributed by atoms with Crippen molar-refractivity contribution in [1.29, 1.82) is 0 Å². The number of nitrogens with one attached hydrogen (secondary N) is 1. The highest BCUT2D eigenvalue weighted by Crippen LogP contribution is 2.13. The summed E-state index contributed by atoms with van der Waals surface area (Å²) in [5.41, 5.74) is 6.07. The van der Waals surface area contributed by atoms with E-state index >= 15 is 0 Å². The summed E-state index contributed by atoms with van der Waals surface area (Å²) in [4.78, 5) is 15.4. The number of rotatable bonds is 4. The lowest BCUT2D eigenvalue weighted by molar-refractivity contribution is 0.0947. The predicted octanol–water partition coefficient (Wildman–Crippen LogP) is 1.74. The normalized spacial score (nSPS) is 10.1. The van der Waals surface area contributed by atoms with E-state index in [1.807, 2.05) is 12.1 Å². The first kappa shape index (κ1) is 13.8. The topological polar surface area (TPSA) is 77.2 Å². The Bertz CT molecular complexity index is 614. The summed E-state index contributed by atoms with van der Waals surface area (Å²) in [5, 5.41) is 2.62. The Morgan fingerprint density at radius 2 is 2.05 bits per heavy atom. The van der Waals surface area contributed by atoms with Crippen molar-refractivity contribution >= 4 is 11.7 Å². The number of ether oxygens (including phenoxy) is 1. The van der Waals surface area contributed by atoms with E-state index in [1.165, 1.54) is 12.3 Å². The molecule has 0 aliphatic carbocycles. The number of aromatic nitrogens is 1. The highest BCUT2D eigenvalue weighted by molar-refractivity contribution is 5.95. The lowest BCUT2D eigenvalue weighted by Crippen LogP contribution is -2.24. The molecule has 0 saturated heterocycles. The number of pyridine rings is 1. The number of hydrogen-bond acceptors (Lipinski definition) is 4. The lowest BCUT2D eigenvalue weighted by Gasteiger charge is -2.07. The zero-order valence-corrected chi connectivity index (χ0v) is 10.9. The average Bonchev–Trinajstić information content (AvgIpc) is 2.48. The number of nitrogens with zero attached hydrogens (tertiary/aromatic N) is 1. The minimum Gasteiger partial charge on any atom is -0.497 e. The van der Waals surface area contributed by atoms with Crippen LogP contribution in [-0.4, -0.2) is 18.0 Å². The number of halogens is 1. The number of methoxy groups -OCH3 is 1. The molecule has 1 aromatic carbocycles. The van der Waals surface area contributed by atoms with E-state index in [0.29, 0.717) is 0 Å². The van der Waals surface area contributed by atoms with Gasteiger partial charge < -0.3 is 15.8 Å². The van der Waals surface area contributed by atoms with Crippen LogP contribution < -0.4 is 15.8 Å². The zero-order valence-electron chi connectivity index (χ0n) is 10.9. The Morgan fingerprint density at radius 1 is 1.35 bits per heavy atom. The third-order valence-electron chi connectivity index (χ3n) is 2.77. The molecule has 0 fully saturated rings. The van der Waals surface area contributed by atoms with Crippen LogP contribution in [0.4, 0.5) is 10.2 Å². The number of nitrogens with two attached hydrogens (primary N) is 1. The zero-order chi connectivity index (χ0) is 14.5. The molecule has 1 amide bonds. The SMILES string of the molecule is COc1ccc(CNC(=O)c2ccnc(N)c2F)cc1. The van der Waals surface area contributed by atoms with Gasteiger partial charge in [-0.2, -0.15) is 0 Å². The summed E-state index contributed by atoms with van der Waals surface area (Å²) in [5.74, 6) is -0.901. The molecule has 0 aliphatic rings. The smallest absolute Gasteiger partial charge is 0.254 e. The van der Waals surface area contributed by atoms with Crippen molar-refractivity contribution in [2.24, 2.45) is 0 Å². The Labute approximate surface area is 115 Å². The molecule has 0 radical (unpaired) electrons. The van der Waals surface area contributed by atoms with Gasteiger partial charge in [0.2, 0.25) is 0 Å². The summed E-state index contributed by atoms with van der Waals surface area (Å²) >= 11 is 0. The van der Waals surface area contributed by atoms with Gasteiger partial charge in [0.15, 0.2) is 11.6 Å². The number of hydrogen-bond donors (Lipinski definition) is 2. The van der Waals surface area contributed by atoms with Crippen molar-refractivity contribution in [1.82, 2.24) is 10.3 Å². The maximum absolute atomic E-state index is 13.6. The first-order chi connectivity index (χ1) is 9.61. The van der Waals surface area contributed by atoms with Crippen molar-refractivity contribution in [3.63, 3.8) is 0 Å². The first-order valence-electron chi connectivity index (χ1n) is 5.93. The number of amides is 1. The minimum absolute atomic E-state index is 0.119. The van der Waals surface area contributed by atoms with Crippen LogP contribution in [0.25, 0.3) is 0 Å². The molecule has 1 aromatic heterocycles. The van der Waals surface area contributed by atoms with Gasteiger partial charge in [-0.3, -0.25) is 4.79 Å². The van der Waals surface area contributed by atoms with Crippen LogP contribution in [0, 0.1) is 5.82 Å². The lowest BCUT2D eigenvalue weighted by atomic mass is 10.2. The highest BCUT2D eigenvalue weighted by Gasteiger charge is 2.14. The highest BCUT2D eigenvalue weighted by atomic mass is 19.1. The fourth-order valence-electron chi connectivity index (χ4n) is 1.66. The second-order valence-electron chi connectivity index (χ2n) is 4.09. The number of anilines is 1. The summed E-state index contributed by atoms with van der Waals surface area (Å²) < 4.78 is 18.6. The quantitative estimate of drug-likeness (QED) is 0.891. The molecule has 5 nitrogen and oxygen atoms in total. The molecule has 2 rings (SSSR count). The van der Waals surface area contributed by atoms with E-state index in [4.69, 9.17) is 10.5 Å². The van der Waals surface area contributed by atoms with Gasteiger partial charge in [-0.25, -0.2) is 9.37 Å². The Morgan fingerprint density at radius 3 is 2.70 bits per heavy atom. The van der Waals surface area contributed by atoms with Crippen molar-refractivity contribution < 1.29 is 13.9 Å². The number of benzene rings is 1. The number of carbonyl (C=O) groups excluding carboxylic acids is 1. The average molecular weight is 275 g/mol. The number of carbonyl (C=O) groups is 1. The van der Waals surface area contributed by atoms with Gasteiger partial charge in [0.05, 0.1) is 12.7 Å². The predicted molar refractivity (Wildman–Crippen MR) is 72.8 cm³/mol. The largest absolute Gasteiger partial charge is 0.497 e. The molecule has 0 spiro atoms. The molecule has 104 valence electrons. The van der Waals surface area contributed by atoms with E-state index < -0.39 is 11.7 Å². The van der Waals surface area contributed by atoms with Crippen LogP contribution in [0.3, 0.4) is 0 Å². The molecule has 3 N–H and O–H groups in total. The summed E-state index contributed by atoms with van der Waals surface area (Å²) in [6.45, 7) is 0.282. The van der Waals surface area contributed by atoms with E-state index in [1.54, 1.807) is 19.2 Å². The van der Waals surface area contributed by atoms with Crippen LogP contribution in [0.5, 0.6) is 5.75 Å². The Kier molecular flexibility index (Phi) is 4.14. The third-order valence-corrected chi connectivity index (χ3v) is 2.77. The van der Waals surface area contributed by atoms with Crippen molar-refractivity contribution in [3.8, 4) is 5.75 Å². The van der Waals surface area contributed by atoms with Crippen molar-refractivity contribution in [3.05, 3.63) is 53.5 Å². The van der Waals surface area contributed by atoms with Crippen LogP contribution in [0.2, 0.25) is 0 Å². The van der Waals surface area contributed by atoms with Gasteiger partial charge in [-0.05, 0) is 23.8 Å². The monoisotopic (exact) mass is 275 g/mol. The standard InChI is InChI=1S/C14H14FN3O2/c1-20-10-4-2-9(3-5-10)8-18-14(19)11-6-7-17-13(16)12(11)15/h2-7H,8H2,1H3,(H2,16,17)(H,18,19). The minimum atomic E-state index is -0.806. The van der Waals surface area contributed by atoms with Gasteiger partial charge in [0.1, 0.15) is 5.75 Å². The van der Waals surface area contributed by atoms with Gasteiger partial charge >= 0.3 is 0 Å². The molecule has 0 bridgehead atoms. The third kappa shape index (κ3) is 3.03. The molecule has 0 aliphatic heterocycles. The van der Waals surface area contributed by atoms with Gasteiger partial charge in [-0.15, -0.1) is 0 Å². The second-order valence-corrected chi connectivity index (χ2v) is 4.09. The summed E-state index contributed by atoms with van der Waals surface area (Å²) in [7, 11) is 1.58. The van der Waals surface area contributed by atoms with Crippen LogP contribution in [0.1, 0.15) is 15.9 Å². The molecule has 0 unspecified atom stereocenters. The summed E-state index contributed by atoms with van der Waals surface area (Å²) in [6, 6.07) is 8.49. The van der Waals surface area contributed by atoms with Crippen LogP contribution in [-0.2, 0) is 6.54 Å². The molecular weight excluding hydrogens is 261 g/mol. The summed E-state index contributed by atoms with van der Waals surface area (Å²) in [6.07, 6.45) is 1.29. The molecule has 0 atom stereocenters. The fourth-order valence-corrected chi connectivity index (χ4v) is 1.66. The number of nitrogen functional groups attached to an aromatic ring is 1. The van der Waals surface area contributed by atoms with E-state index in [9.17, 15) is 9.18 Å². The molecule has 2 aromatic rings. The van der Waals surface area contributed by atoms with E-state index in [0.717, 1.165) is 11.3 Å². The molecular formula is C14H14FN3O2. The first-order valence-corrected chi connectivity index (χ1v) is 5.93.